The van der Waals surface area contributed by atoms with Crippen LogP contribution in [0, 0.1) is 0 Å². The first-order valence-corrected chi connectivity index (χ1v) is 8.01. The van der Waals surface area contributed by atoms with Crippen LogP contribution < -0.4 is 5.32 Å². The lowest BCUT2D eigenvalue weighted by Gasteiger charge is -2.41. The fourth-order valence-corrected chi connectivity index (χ4v) is 3.63. The highest BCUT2D eigenvalue weighted by Gasteiger charge is 2.27. The molecule has 0 aromatic heterocycles. The molecule has 0 amide bonds. The van der Waals surface area contributed by atoms with Crippen LogP contribution in [0.25, 0.3) is 0 Å². The van der Waals surface area contributed by atoms with Crippen LogP contribution in [0.2, 0.25) is 0 Å². The highest BCUT2D eigenvalue weighted by Crippen LogP contribution is 2.24. The lowest BCUT2D eigenvalue weighted by Crippen LogP contribution is -2.53. The maximum Gasteiger partial charge on any atom is 0.0452 e. The summed E-state index contributed by atoms with van der Waals surface area (Å²) in [6.45, 7) is 8.19. The van der Waals surface area contributed by atoms with Crippen LogP contribution in [0.1, 0.15) is 30.5 Å². The molecule has 2 atom stereocenters. The summed E-state index contributed by atoms with van der Waals surface area (Å²) in [6, 6.07) is 10.2. The average molecular weight is 273 g/mol. The molecule has 3 nitrogen and oxygen atoms in total. The molecule has 1 N–H and O–H groups in total. The molecular formula is C17H27N3. The van der Waals surface area contributed by atoms with Crippen LogP contribution in [0.4, 0.5) is 0 Å². The van der Waals surface area contributed by atoms with Crippen molar-refractivity contribution in [3.8, 4) is 0 Å². The molecule has 3 rings (SSSR count). The molecule has 2 unspecified atom stereocenters. The van der Waals surface area contributed by atoms with Gasteiger partial charge in [-0.25, -0.2) is 0 Å². The van der Waals surface area contributed by atoms with Gasteiger partial charge in [0.05, 0.1) is 0 Å². The highest BCUT2D eigenvalue weighted by molar-refractivity contribution is 5.32. The Kier molecular flexibility index (Phi) is 4.39. The molecule has 0 aliphatic carbocycles. The van der Waals surface area contributed by atoms with E-state index < -0.39 is 0 Å². The van der Waals surface area contributed by atoms with Gasteiger partial charge in [-0.05, 0) is 37.6 Å². The van der Waals surface area contributed by atoms with E-state index in [0.29, 0.717) is 6.04 Å². The van der Waals surface area contributed by atoms with Crippen LogP contribution in [-0.2, 0) is 6.42 Å². The number of piperazine rings is 1. The van der Waals surface area contributed by atoms with E-state index in [1.54, 1.807) is 0 Å². The number of nitrogens with one attached hydrogen (secondary N) is 1. The summed E-state index contributed by atoms with van der Waals surface area (Å²) in [4.78, 5) is 5.16. The first kappa shape index (κ1) is 14.1. The van der Waals surface area contributed by atoms with Crippen molar-refractivity contribution in [2.75, 3.05) is 39.8 Å². The number of hydrogen-bond acceptors (Lipinski definition) is 3. The fourth-order valence-electron chi connectivity index (χ4n) is 3.63. The number of nitrogens with zero attached hydrogens (tertiary/aromatic N) is 2. The first-order valence-electron chi connectivity index (χ1n) is 8.01. The number of fused-ring (bicyclic) bond motifs is 1. The van der Waals surface area contributed by atoms with E-state index in [-0.39, 0.29) is 0 Å². The summed E-state index contributed by atoms with van der Waals surface area (Å²) in [5, 5.41) is 3.71. The lowest BCUT2D eigenvalue weighted by atomic mass is 9.94. The van der Waals surface area contributed by atoms with Gasteiger partial charge >= 0.3 is 0 Å². The van der Waals surface area contributed by atoms with Gasteiger partial charge in [-0.3, -0.25) is 4.90 Å². The Morgan fingerprint density at radius 1 is 1.25 bits per heavy atom. The third-order valence-electron chi connectivity index (χ3n) is 4.99. The molecule has 20 heavy (non-hydrogen) atoms. The maximum atomic E-state index is 3.71. The topological polar surface area (TPSA) is 18.5 Å². The fraction of sp³-hybridized carbons (Fsp3) is 0.647. The van der Waals surface area contributed by atoms with Gasteiger partial charge in [-0.2, -0.15) is 0 Å². The minimum absolute atomic E-state index is 0.515. The van der Waals surface area contributed by atoms with Crippen LogP contribution in [0.5, 0.6) is 0 Å². The quantitative estimate of drug-likeness (QED) is 0.907. The van der Waals surface area contributed by atoms with Crippen LogP contribution in [-0.4, -0.2) is 55.6 Å². The highest BCUT2D eigenvalue weighted by atomic mass is 15.3. The molecule has 0 bridgehead atoms. The van der Waals surface area contributed by atoms with Crippen molar-refractivity contribution in [3.63, 3.8) is 0 Å². The lowest BCUT2D eigenvalue weighted by molar-refractivity contribution is 0.0852. The zero-order valence-corrected chi connectivity index (χ0v) is 12.8. The van der Waals surface area contributed by atoms with Crippen molar-refractivity contribution in [2.24, 2.45) is 0 Å². The van der Waals surface area contributed by atoms with Gasteiger partial charge in [0.25, 0.3) is 0 Å². The standard InChI is InChI=1S/C17H27N3/c1-3-15-12-20(11-10-19(15)2)13-17-16-7-5-4-6-14(16)8-9-18-17/h4-7,15,17-18H,3,8-13H2,1-2H3. The number of rotatable bonds is 3. The molecule has 0 saturated carbocycles. The molecular weight excluding hydrogens is 246 g/mol. The van der Waals surface area contributed by atoms with Gasteiger partial charge in [0.15, 0.2) is 0 Å². The summed E-state index contributed by atoms with van der Waals surface area (Å²) in [5.74, 6) is 0. The van der Waals surface area contributed by atoms with E-state index >= 15 is 0 Å². The zero-order chi connectivity index (χ0) is 13.9. The van der Waals surface area contributed by atoms with Crippen molar-refractivity contribution in [2.45, 2.75) is 31.8 Å². The summed E-state index contributed by atoms with van der Waals surface area (Å²) >= 11 is 0. The molecule has 2 aliphatic heterocycles. The first-order chi connectivity index (χ1) is 9.78. The van der Waals surface area contributed by atoms with Gasteiger partial charge in [0, 0.05) is 38.3 Å². The minimum atomic E-state index is 0.515. The van der Waals surface area contributed by atoms with Gasteiger partial charge in [-0.1, -0.05) is 31.2 Å². The Morgan fingerprint density at radius 2 is 2.10 bits per heavy atom. The Morgan fingerprint density at radius 3 is 2.95 bits per heavy atom. The van der Waals surface area contributed by atoms with E-state index in [1.807, 2.05) is 0 Å². The molecule has 3 heteroatoms. The van der Waals surface area contributed by atoms with Crippen molar-refractivity contribution in [1.29, 1.82) is 0 Å². The van der Waals surface area contributed by atoms with E-state index in [9.17, 15) is 0 Å². The average Bonchev–Trinajstić information content (AvgIpc) is 2.49. The molecule has 2 aliphatic rings. The van der Waals surface area contributed by atoms with Crippen molar-refractivity contribution in [3.05, 3.63) is 35.4 Å². The summed E-state index contributed by atoms with van der Waals surface area (Å²) in [5.41, 5.74) is 3.06. The third kappa shape index (κ3) is 2.90. The molecule has 1 aromatic carbocycles. The largest absolute Gasteiger partial charge is 0.309 e. The number of benzene rings is 1. The Balaban J connectivity index is 1.67. The normalized spacial score (nSPS) is 28.3. The summed E-state index contributed by atoms with van der Waals surface area (Å²) in [6.07, 6.45) is 2.43. The molecule has 1 saturated heterocycles. The van der Waals surface area contributed by atoms with Gasteiger partial charge in [-0.15, -0.1) is 0 Å². The molecule has 1 aromatic rings. The molecule has 0 radical (unpaired) electrons. The monoisotopic (exact) mass is 273 g/mol. The van der Waals surface area contributed by atoms with Crippen LogP contribution >= 0.6 is 0 Å². The number of hydrogen-bond donors (Lipinski definition) is 1. The Labute approximate surface area is 123 Å². The second-order valence-electron chi connectivity index (χ2n) is 6.26. The van der Waals surface area contributed by atoms with E-state index in [4.69, 9.17) is 0 Å². The van der Waals surface area contributed by atoms with Crippen LogP contribution in [0.3, 0.4) is 0 Å². The molecule has 2 heterocycles. The molecule has 1 fully saturated rings. The Bertz CT molecular complexity index is 446. The second-order valence-corrected chi connectivity index (χ2v) is 6.26. The minimum Gasteiger partial charge on any atom is -0.309 e. The van der Waals surface area contributed by atoms with E-state index in [0.717, 1.165) is 19.1 Å². The predicted molar refractivity (Wildman–Crippen MR) is 84.0 cm³/mol. The predicted octanol–water partition coefficient (Wildman–Crippen LogP) is 1.90. The van der Waals surface area contributed by atoms with Gasteiger partial charge in [0.1, 0.15) is 0 Å². The SMILES string of the molecule is CCC1CN(CC2NCCc3ccccc32)CCN1C. The van der Waals surface area contributed by atoms with Crippen molar-refractivity contribution >= 4 is 0 Å². The third-order valence-corrected chi connectivity index (χ3v) is 4.99. The van der Waals surface area contributed by atoms with Gasteiger partial charge in [0.2, 0.25) is 0 Å². The van der Waals surface area contributed by atoms with Gasteiger partial charge < -0.3 is 10.2 Å². The summed E-state index contributed by atoms with van der Waals surface area (Å²) < 4.78 is 0. The smallest absolute Gasteiger partial charge is 0.0452 e. The van der Waals surface area contributed by atoms with E-state index in [2.05, 4.69) is 53.4 Å². The zero-order valence-electron chi connectivity index (χ0n) is 12.8. The van der Waals surface area contributed by atoms with E-state index in [1.165, 1.54) is 43.6 Å². The molecule has 110 valence electrons. The van der Waals surface area contributed by atoms with Crippen molar-refractivity contribution < 1.29 is 0 Å². The number of likely N-dealkylation sites (N-methyl/N-ethyl adjacent to an activating group) is 1. The van der Waals surface area contributed by atoms with Crippen molar-refractivity contribution in [1.82, 2.24) is 15.1 Å². The summed E-state index contributed by atoms with van der Waals surface area (Å²) in [7, 11) is 2.26. The second kappa shape index (κ2) is 6.25. The Hall–Kier alpha value is -0.900. The maximum absolute atomic E-state index is 3.71. The molecule has 0 spiro atoms. The van der Waals surface area contributed by atoms with Crippen LogP contribution in [0.15, 0.2) is 24.3 Å².